The molecule has 0 aliphatic carbocycles. The van der Waals surface area contributed by atoms with Crippen LogP contribution >= 0.6 is 0 Å². The largest absolute Gasteiger partial charge is 0.378 e. The first kappa shape index (κ1) is 13.3. The molecule has 0 spiro atoms. The van der Waals surface area contributed by atoms with Crippen LogP contribution in [0, 0.1) is 6.92 Å². The molecule has 0 aliphatic rings. The molecule has 1 heterocycles. The van der Waals surface area contributed by atoms with Crippen LogP contribution in [0.1, 0.15) is 12.6 Å². The standard InChI is InChI=1S/C15H20N4/c1-5-16-14-10-11(2)17-15(18-14)12-6-8-13(9-7-12)19(3)4/h6-10H,5H2,1-4H3,(H,16,17,18). The van der Waals surface area contributed by atoms with Gasteiger partial charge in [0.15, 0.2) is 5.82 Å². The summed E-state index contributed by atoms with van der Waals surface area (Å²) in [5, 5.41) is 3.23. The third-order valence-corrected chi connectivity index (χ3v) is 2.85. The van der Waals surface area contributed by atoms with Crippen LogP contribution in [0.25, 0.3) is 11.4 Å². The maximum Gasteiger partial charge on any atom is 0.161 e. The van der Waals surface area contributed by atoms with Crippen molar-refractivity contribution in [3.63, 3.8) is 0 Å². The van der Waals surface area contributed by atoms with Gasteiger partial charge < -0.3 is 10.2 Å². The van der Waals surface area contributed by atoms with E-state index in [1.807, 2.05) is 27.1 Å². The second-order valence-corrected chi connectivity index (χ2v) is 4.69. The number of aromatic nitrogens is 2. The molecule has 1 N–H and O–H groups in total. The third-order valence-electron chi connectivity index (χ3n) is 2.85. The Morgan fingerprint density at radius 2 is 1.79 bits per heavy atom. The summed E-state index contributed by atoms with van der Waals surface area (Å²) in [7, 11) is 4.06. The van der Waals surface area contributed by atoms with Gasteiger partial charge in [-0.15, -0.1) is 0 Å². The van der Waals surface area contributed by atoms with Crippen molar-refractivity contribution in [2.24, 2.45) is 0 Å². The highest BCUT2D eigenvalue weighted by Crippen LogP contribution is 2.21. The monoisotopic (exact) mass is 256 g/mol. The van der Waals surface area contributed by atoms with Gasteiger partial charge in [-0.3, -0.25) is 0 Å². The van der Waals surface area contributed by atoms with Gasteiger partial charge in [0, 0.05) is 43.7 Å². The Balaban J connectivity index is 2.35. The van der Waals surface area contributed by atoms with E-state index in [4.69, 9.17) is 0 Å². The molecular weight excluding hydrogens is 236 g/mol. The number of nitrogens with zero attached hydrogens (tertiary/aromatic N) is 3. The third kappa shape index (κ3) is 3.22. The molecule has 0 bridgehead atoms. The summed E-state index contributed by atoms with van der Waals surface area (Å²) in [6.45, 7) is 4.90. The summed E-state index contributed by atoms with van der Waals surface area (Å²) in [4.78, 5) is 11.1. The zero-order chi connectivity index (χ0) is 13.8. The van der Waals surface area contributed by atoms with Crippen molar-refractivity contribution in [2.45, 2.75) is 13.8 Å². The number of aryl methyl sites for hydroxylation is 1. The SMILES string of the molecule is CCNc1cc(C)nc(-c2ccc(N(C)C)cc2)n1. The first-order valence-electron chi connectivity index (χ1n) is 6.47. The Bertz CT molecular complexity index is 547. The van der Waals surface area contributed by atoms with Gasteiger partial charge in [0.25, 0.3) is 0 Å². The van der Waals surface area contributed by atoms with Crippen LogP contribution in [0.4, 0.5) is 11.5 Å². The molecule has 19 heavy (non-hydrogen) atoms. The normalized spacial score (nSPS) is 10.3. The molecule has 0 unspecified atom stereocenters. The quantitative estimate of drug-likeness (QED) is 0.913. The minimum Gasteiger partial charge on any atom is -0.378 e. The average Bonchev–Trinajstić information content (AvgIpc) is 2.38. The summed E-state index contributed by atoms with van der Waals surface area (Å²) < 4.78 is 0. The van der Waals surface area contributed by atoms with E-state index in [9.17, 15) is 0 Å². The van der Waals surface area contributed by atoms with Gasteiger partial charge in [-0.1, -0.05) is 0 Å². The molecule has 1 aromatic carbocycles. The van der Waals surface area contributed by atoms with Gasteiger partial charge in [-0.05, 0) is 38.1 Å². The minimum absolute atomic E-state index is 0.765. The smallest absolute Gasteiger partial charge is 0.161 e. The molecule has 1 aromatic heterocycles. The average molecular weight is 256 g/mol. The first-order chi connectivity index (χ1) is 9.10. The molecule has 0 saturated carbocycles. The van der Waals surface area contributed by atoms with Crippen molar-refractivity contribution >= 4 is 11.5 Å². The maximum absolute atomic E-state index is 4.53. The lowest BCUT2D eigenvalue weighted by molar-refractivity contribution is 1.08. The number of rotatable bonds is 4. The summed E-state index contributed by atoms with van der Waals surface area (Å²) in [6, 6.07) is 10.2. The van der Waals surface area contributed by atoms with Crippen LogP contribution in [0.2, 0.25) is 0 Å². The van der Waals surface area contributed by atoms with E-state index in [2.05, 4.69) is 51.4 Å². The molecule has 2 rings (SSSR count). The van der Waals surface area contributed by atoms with Crippen molar-refractivity contribution < 1.29 is 0 Å². The van der Waals surface area contributed by atoms with Crippen molar-refractivity contribution in [1.82, 2.24) is 9.97 Å². The van der Waals surface area contributed by atoms with Crippen LogP contribution in [-0.4, -0.2) is 30.6 Å². The van der Waals surface area contributed by atoms with E-state index >= 15 is 0 Å². The van der Waals surface area contributed by atoms with Crippen molar-refractivity contribution in [1.29, 1.82) is 0 Å². The molecule has 0 radical (unpaired) electrons. The van der Waals surface area contributed by atoms with E-state index in [0.29, 0.717) is 0 Å². The Hall–Kier alpha value is -2.10. The van der Waals surface area contributed by atoms with E-state index in [0.717, 1.165) is 29.4 Å². The Kier molecular flexibility index (Phi) is 4.00. The van der Waals surface area contributed by atoms with Crippen molar-refractivity contribution in [2.75, 3.05) is 30.9 Å². The second-order valence-electron chi connectivity index (χ2n) is 4.69. The van der Waals surface area contributed by atoms with Gasteiger partial charge in [-0.25, -0.2) is 9.97 Å². The second kappa shape index (κ2) is 5.69. The summed E-state index contributed by atoms with van der Waals surface area (Å²) >= 11 is 0. The molecule has 0 amide bonds. The molecule has 2 aromatic rings. The fourth-order valence-corrected chi connectivity index (χ4v) is 1.88. The van der Waals surface area contributed by atoms with Crippen LogP contribution in [0.3, 0.4) is 0 Å². The topological polar surface area (TPSA) is 41.1 Å². The van der Waals surface area contributed by atoms with Crippen LogP contribution in [0.5, 0.6) is 0 Å². The molecule has 0 fully saturated rings. The lowest BCUT2D eigenvalue weighted by atomic mass is 10.2. The molecule has 4 heteroatoms. The van der Waals surface area contributed by atoms with Crippen molar-refractivity contribution in [3.05, 3.63) is 36.0 Å². The zero-order valence-corrected chi connectivity index (χ0v) is 11.9. The Morgan fingerprint density at radius 1 is 1.11 bits per heavy atom. The van der Waals surface area contributed by atoms with Gasteiger partial charge in [0.2, 0.25) is 0 Å². The Morgan fingerprint density at radius 3 is 2.37 bits per heavy atom. The van der Waals surface area contributed by atoms with Gasteiger partial charge in [-0.2, -0.15) is 0 Å². The number of hydrogen-bond donors (Lipinski definition) is 1. The highest BCUT2D eigenvalue weighted by Gasteiger charge is 2.05. The molecule has 0 aliphatic heterocycles. The predicted octanol–water partition coefficient (Wildman–Crippen LogP) is 2.95. The number of hydrogen-bond acceptors (Lipinski definition) is 4. The van der Waals surface area contributed by atoms with E-state index in [-0.39, 0.29) is 0 Å². The molecule has 0 saturated heterocycles. The number of nitrogens with one attached hydrogen (secondary N) is 1. The van der Waals surface area contributed by atoms with Crippen LogP contribution < -0.4 is 10.2 Å². The zero-order valence-electron chi connectivity index (χ0n) is 11.9. The molecule has 0 atom stereocenters. The van der Waals surface area contributed by atoms with E-state index in [1.165, 1.54) is 5.69 Å². The summed E-state index contributed by atoms with van der Waals surface area (Å²) in [5.74, 6) is 1.64. The van der Waals surface area contributed by atoms with E-state index < -0.39 is 0 Å². The van der Waals surface area contributed by atoms with Gasteiger partial charge in [0.05, 0.1) is 0 Å². The lowest BCUT2D eigenvalue weighted by Crippen LogP contribution is -2.08. The number of benzene rings is 1. The van der Waals surface area contributed by atoms with Gasteiger partial charge >= 0.3 is 0 Å². The summed E-state index contributed by atoms with van der Waals surface area (Å²) in [5.41, 5.74) is 3.18. The highest BCUT2D eigenvalue weighted by atomic mass is 15.1. The van der Waals surface area contributed by atoms with Gasteiger partial charge in [0.1, 0.15) is 5.82 Å². The Labute approximate surface area is 114 Å². The van der Waals surface area contributed by atoms with Crippen LogP contribution in [0.15, 0.2) is 30.3 Å². The lowest BCUT2D eigenvalue weighted by Gasteiger charge is -2.12. The maximum atomic E-state index is 4.53. The number of anilines is 2. The fourth-order valence-electron chi connectivity index (χ4n) is 1.88. The molecule has 4 nitrogen and oxygen atoms in total. The molecular formula is C15H20N4. The molecule has 100 valence electrons. The minimum atomic E-state index is 0.765. The fraction of sp³-hybridized carbons (Fsp3) is 0.333. The van der Waals surface area contributed by atoms with Crippen molar-refractivity contribution in [3.8, 4) is 11.4 Å². The summed E-state index contributed by atoms with van der Waals surface area (Å²) in [6.07, 6.45) is 0. The van der Waals surface area contributed by atoms with Crippen LogP contribution in [-0.2, 0) is 0 Å². The first-order valence-corrected chi connectivity index (χ1v) is 6.47. The van der Waals surface area contributed by atoms with E-state index in [1.54, 1.807) is 0 Å². The predicted molar refractivity (Wildman–Crippen MR) is 80.7 cm³/mol. The highest BCUT2D eigenvalue weighted by molar-refractivity contribution is 5.61.